The molecule has 0 atom stereocenters. The molecule has 3 rings (SSSR count). The molecule has 0 aromatic heterocycles. The molecular formula is C17H21N3O2. The molecule has 2 aliphatic rings. The number of hydrogen-bond acceptors (Lipinski definition) is 3. The van der Waals surface area contributed by atoms with Crippen molar-refractivity contribution < 1.29 is 9.59 Å². The maximum absolute atomic E-state index is 12.3. The second-order valence-corrected chi connectivity index (χ2v) is 6.05. The molecule has 2 amide bonds. The summed E-state index contributed by atoms with van der Waals surface area (Å²) < 4.78 is 0. The summed E-state index contributed by atoms with van der Waals surface area (Å²) in [6.45, 7) is 1.97. The highest BCUT2D eigenvalue weighted by Crippen LogP contribution is 2.22. The number of anilines is 1. The van der Waals surface area contributed by atoms with Gasteiger partial charge in [0.25, 0.3) is 5.91 Å². The molecular weight excluding hydrogens is 278 g/mol. The van der Waals surface area contributed by atoms with Crippen molar-refractivity contribution in [2.45, 2.75) is 51.5 Å². The van der Waals surface area contributed by atoms with Gasteiger partial charge >= 0.3 is 0 Å². The first-order valence-electron chi connectivity index (χ1n) is 7.91. The Hall–Kier alpha value is -2.17. The topological polar surface area (TPSA) is 61.8 Å². The van der Waals surface area contributed by atoms with E-state index in [0.29, 0.717) is 18.6 Å². The molecule has 0 saturated heterocycles. The number of hydrogen-bond donors (Lipinski definition) is 1. The maximum Gasteiger partial charge on any atom is 0.267 e. The minimum Gasteiger partial charge on any atom is -0.348 e. The Balaban J connectivity index is 1.78. The first-order chi connectivity index (χ1) is 10.6. The molecule has 1 N–H and O–H groups in total. The summed E-state index contributed by atoms with van der Waals surface area (Å²) >= 11 is 0. The van der Waals surface area contributed by atoms with Gasteiger partial charge in [0, 0.05) is 18.9 Å². The van der Waals surface area contributed by atoms with E-state index in [4.69, 9.17) is 0 Å². The molecule has 22 heavy (non-hydrogen) atoms. The maximum atomic E-state index is 12.3. The molecule has 1 saturated carbocycles. The lowest BCUT2D eigenvalue weighted by Crippen LogP contribution is -2.42. The SMILES string of the molecule is Cc1cccc(N2N=C(C(=O)NC3CCCC3)CCC2=O)c1. The molecule has 1 aliphatic heterocycles. The van der Waals surface area contributed by atoms with Crippen LogP contribution >= 0.6 is 0 Å². The minimum absolute atomic E-state index is 0.0667. The molecule has 1 aromatic carbocycles. The number of nitrogens with one attached hydrogen (secondary N) is 1. The van der Waals surface area contributed by atoms with Gasteiger partial charge in [-0.3, -0.25) is 9.59 Å². The predicted molar refractivity (Wildman–Crippen MR) is 85.7 cm³/mol. The third kappa shape index (κ3) is 3.18. The fourth-order valence-corrected chi connectivity index (χ4v) is 3.02. The van der Waals surface area contributed by atoms with Gasteiger partial charge in [0.2, 0.25) is 5.91 Å². The van der Waals surface area contributed by atoms with Crippen molar-refractivity contribution in [2.24, 2.45) is 5.10 Å². The third-order valence-corrected chi connectivity index (χ3v) is 4.23. The van der Waals surface area contributed by atoms with Crippen molar-refractivity contribution in [1.82, 2.24) is 5.32 Å². The number of nitrogens with zero attached hydrogens (tertiary/aromatic N) is 2. The lowest BCUT2D eigenvalue weighted by Gasteiger charge is -2.24. The van der Waals surface area contributed by atoms with Crippen LogP contribution in [-0.2, 0) is 9.59 Å². The summed E-state index contributed by atoms with van der Waals surface area (Å²) in [5, 5.41) is 8.70. The number of carbonyl (C=O) groups excluding carboxylic acids is 2. The van der Waals surface area contributed by atoms with Gasteiger partial charge in [-0.1, -0.05) is 25.0 Å². The lowest BCUT2D eigenvalue weighted by atomic mass is 10.1. The van der Waals surface area contributed by atoms with Gasteiger partial charge < -0.3 is 5.32 Å². The largest absolute Gasteiger partial charge is 0.348 e. The van der Waals surface area contributed by atoms with Crippen LogP contribution in [0, 0.1) is 6.92 Å². The van der Waals surface area contributed by atoms with E-state index in [9.17, 15) is 9.59 Å². The smallest absolute Gasteiger partial charge is 0.267 e. The van der Waals surface area contributed by atoms with Gasteiger partial charge in [0.15, 0.2) is 0 Å². The number of hydrazone groups is 1. The number of rotatable bonds is 3. The monoisotopic (exact) mass is 299 g/mol. The minimum atomic E-state index is -0.128. The van der Waals surface area contributed by atoms with Crippen LogP contribution in [0.2, 0.25) is 0 Å². The fraction of sp³-hybridized carbons (Fsp3) is 0.471. The molecule has 116 valence electrons. The summed E-state index contributed by atoms with van der Waals surface area (Å²) in [5.74, 6) is -0.194. The van der Waals surface area contributed by atoms with E-state index in [1.54, 1.807) is 0 Å². The van der Waals surface area contributed by atoms with E-state index in [1.165, 1.54) is 17.9 Å². The Morgan fingerprint density at radius 1 is 1.27 bits per heavy atom. The van der Waals surface area contributed by atoms with E-state index in [1.807, 2.05) is 31.2 Å². The van der Waals surface area contributed by atoms with E-state index in [2.05, 4.69) is 10.4 Å². The van der Waals surface area contributed by atoms with Crippen molar-refractivity contribution in [1.29, 1.82) is 0 Å². The van der Waals surface area contributed by atoms with Gasteiger partial charge in [-0.05, 0) is 37.5 Å². The molecule has 1 aromatic rings. The molecule has 1 fully saturated rings. The average Bonchev–Trinajstić information content (AvgIpc) is 3.00. The van der Waals surface area contributed by atoms with Crippen LogP contribution in [0.25, 0.3) is 0 Å². The highest BCUT2D eigenvalue weighted by atomic mass is 16.2. The van der Waals surface area contributed by atoms with Gasteiger partial charge in [0.1, 0.15) is 5.71 Å². The highest BCUT2D eigenvalue weighted by molar-refractivity contribution is 6.40. The molecule has 0 radical (unpaired) electrons. The van der Waals surface area contributed by atoms with Gasteiger partial charge in [-0.15, -0.1) is 0 Å². The van der Waals surface area contributed by atoms with Crippen LogP contribution in [0.1, 0.15) is 44.1 Å². The summed E-state index contributed by atoms with van der Waals surface area (Å²) in [6.07, 6.45) is 5.17. The zero-order valence-electron chi connectivity index (χ0n) is 12.8. The Kier molecular flexibility index (Phi) is 4.22. The van der Waals surface area contributed by atoms with Crippen molar-refractivity contribution in [3.8, 4) is 0 Å². The first-order valence-corrected chi connectivity index (χ1v) is 7.91. The fourth-order valence-electron chi connectivity index (χ4n) is 3.02. The number of aryl methyl sites for hydroxylation is 1. The zero-order chi connectivity index (χ0) is 15.5. The summed E-state index contributed by atoms with van der Waals surface area (Å²) in [4.78, 5) is 24.4. The second kappa shape index (κ2) is 6.30. The summed E-state index contributed by atoms with van der Waals surface area (Å²) in [5.41, 5.74) is 2.23. The number of carbonyl (C=O) groups is 2. The molecule has 0 spiro atoms. The Bertz CT molecular complexity index is 618. The zero-order valence-corrected chi connectivity index (χ0v) is 12.8. The van der Waals surface area contributed by atoms with E-state index < -0.39 is 0 Å². The van der Waals surface area contributed by atoms with E-state index in [0.717, 1.165) is 24.1 Å². The van der Waals surface area contributed by atoms with Crippen LogP contribution in [0.3, 0.4) is 0 Å². The molecule has 5 heteroatoms. The summed E-state index contributed by atoms with van der Waals surface area (Å²) in [6, 6.07) is 7.86. The van der Waals surface area contributed by atoms with Crippen LogP contribution in [-0.4, -0.2) is 23.6 Å². The van der Waals surface area contributed by atoms with Crippen molar-refractivity contribution in [3.63, 3.8) is 0 Å². The van der Waals surface area contributed by atoms with Crippen LogP contribution in [0.5, 0.6) is 0 Å². The molecule has 0 bridgehead atoms. The molecule has 0 unspecified atom stereocenters. The van der Waals surface area contributed by atoms with Gasteiger partial charge in [0.05, 0.1) is 5.69 Å². The van der Waals surface area contributed by atoms with E-state index in [-0.39, 0.29) is 17.9 Å². The normalized spacial score (nSPS) is 19.2. The molecule has 1 aliphatic carbocycles. The third-order valence-electron chi connectivity index (χ3n) is 4.23. The second-order valence-electron chi connectivity index (χ2n) is 6.05. The van der Waals surface area contributed by atoms with Crippen molar-refractivity contribution in [2.75, 3.05) is 5.01 Å². The Morgan fingerprint density at radius 2 is 2.05 bits per heavy atom. The quantitative estimate of drug-likeness (QED) is 0.932. The Labute approximate surface area is 130 Å². The molecule has 1 heterocycles. The number of benzene rings is 1. The van der Waals surface area contributed by atoms with Crippen LogP contribution in [0.4, 0.5) is 5.69 Å². The van der Waals surface area contributed by atoms with Gasteiger partial charge in [-0.25, -0.2) is 5.01 Å². The van der Waals surface area contributed by atoms with Crippen LogP contribution in [0.15, 0.2) is 29.4 Å². The summed E-state index contributed by atoms with van der Waals surface area (Å²) in [7, 11) is 0. The van der Waals surface area contributed by atoms with Crippen molar-refractivity contribution >= 4 is 23.2 Å². The van der Waals surface area contributed by atoms with E-state index >= 15 is 0 Å². The van der Waals surface area contributed by atoms with Gasteiger partial charge in [-0.2, -0.15) is 5.10 Å². The number of amides is 2. The highest BCUT2D eigenvalue weighted by Gasteiger charge is 2.27. The van der Waals surface area contributed by atoms with Crippen LogP contribution < -0.4 is 10.3 Å². The average molecular weight is 299 g/mol. The predicted octanol–water partition coefficient (Wildman–Crippen LogP) is 2.54. The molecule has 5 nitrogen and oxygen atoms in total. The standard InChI is InChI=1S/C17H21N3O2/c1-12-5-4-8-14(11-12)20-16(21)10-9-15(19-20)17(22)18-13-6-2-3-7-13/h4-5,8,11,13H,2-3,6-7,9-10H2,1H3,(H,18,22). The lowest BCUT2D eigenvalue weighted by molar-refractivity contribution is -0.119. The first kappa shape index (κ1) is 14.8. The Morgan fingerprint density at radius 3 is 2.77 bits per heavy atom. The van der Waals surface area contributed by atoms with Crippen molar-refractivity contribution in [3.05, 3.63) is 29.8 Å².